The van der Waals surface area contributed by atoms with Crippen LogP contribution in [0.1, 0.15) is 20.8 Å². The highest BCUT2D eigenvalue weighted by Gasteiger charge is 2.19. The minimum atomic E-state index is -1.11. The normalized spacial score (nSPS) is 13.9. The van der Waals surface area contributed by atoms with E-state index >= 15 is 0 Å². The van der Waals surface area contributed by atoms with Crippen LogP contribution in [0.2, 0.25) is 0 Å². The molecular formula is C12H24N2O5. The Hall–Kier alpha value is -1.34. The van der Waals surface area contributed by atoms with Gasteiger partial charge in [-0.1, -0.05) is 13.8 Å². The second-order valence-electron chi connectivity index (χ2n) is 4.43. The molecule has 0 aliphatic rings. The van der Waals surface area contributed by atoms with Crippen molar-refractivity contribution in [2.75, 3.05) is 26.9 Å². The first kappa shape index (κ1) is 17.7. The van der Waals surface area contributed by atoms with E-state index in [2.05, 4.69) is 10.6 Å². The van der Waals surface area contributed by atoms with E-state index in [1.54, 1.807) is 0 Å². The number of urea groups is 1. The molecule has 0 aromatic carbocycles. The van der Waals surface area contributed by atoms with Gasteiger partial charge in [0.15, 0.2) is 6.10 Å². The zero-order valence-corrected chi connectivity index (χ0v) is 11.9. The molecule has 7 heteroatoms. The summed E-state index contributed by atoms with van der Waals surface area (Å²) in [6.45, 7) is 6.74. The average molecular weight is 276 g/mol. The lowest BCUT2D eigenvalue weighted by Crippen LogP contribution is -2.49. The number of aliphatic carboxylic acids is 1. The molecule has 3 N–H and O–H groups in total. The summed E-state index contributed by atoms with van der Waals surface area (Å²) in [6.07, 6.45) is -1.05. The smallest absolute Gasteiger partial charge is 0.334 e. The molecule has 0 aliphatic carbocycles. The zero-order valence-electron chi connectivity index (χ0n) is 11.9. The molecule has 0 fully saturated rings. The largest absolute Gasteiger partial charge is 0.479 e. The number of methoxy groups -OCH3 is 1. The molecule has 7 nitrogen and oxygen atoms in total. The van der Waals surface area contributed by atoms with Crippen molar-refractivity contribution in [3.63, 3.8) is 0 Å². The van der Waals surface area contributed by atoms with Crippen molar-refractivity contribution in [3.8, 4) is 0 Å². The predicted octanol–water partition coefficient (Wildman–Crippen LogP) is 0.446. The summed E-state index contributed by atoms with van der Waals surface area (Å²) in [6, 6.07) is -0.549. The lowest BCUT2D eigenvalue weighted by molar-refractivity contribution is -0.147. The molecule has 0 saturated carbocycles. The molecule has 0 heterocycles. The second-order valence-corrected chi connectivity index (χ2v) is 4.43. The number of carbonyl (C=O) groups excluding carboxylic acids is 1. The Bertz CT molecular complexity index is 283. The number of carboxylic acid groups (broad SMARTS) is 1. The molecule has 112 valence electrons. The van der Waals surface area contributed by atoms with Gasteiger partial charge < -0.3 is 25.2 Å². The average Bonchev–Trinajstić information content (AvgIpc) is 2.34. The van der Waals surface area contributed by atoms with E-state index in [9.17, 15) is 9.59 Å². The van der Waals surface area contributed by atoms with Crippen LogP contribution in [0.5, 0.6) is 0 Å². The second kappa shape index (κ2) is 9.57. The number of carbonyl (C=O) groups is 2. The maximum atomic E-state index is 11.6. The molecule has 0 spiro atoms. The minimum Gasteiger partial charge on any atom is -0.479 e. The van der Waals surface area contributed by atoms with E-state index in [-0.39, 0.29) is 18.5 Å². The Morgan fingerprint density at radius 3 is 2.37 bits per heavy atom. The third kappa shape index (κ3) is 7.63. The van der Waals surface area contributed by atoms with Gasteiger partial charge in [0.2, 0.25) is 0 Å². The zero-order chi connectivity index (χ0) is 14.8. The third-order valence-corrected chi connectivity index (χ3v) is 2.63. The Morgan fingerprint density at radius 2 is 1.95 bits per heavy atom. The van der Waals surface area contributed by atoms with Gasteiger partial charge in [-0.05, 0) is 12.8 Å². The lowest BCUT2D eigenvalue weighted by atomic mass is 10.1. The number of carboxylic acids is 1. The van der Waals surface area contributed by atoms with E-state index < -0.39 is 18.1 Å². The standard InChI is InChI=1S/C12H24N2O5/c1-5-19-7-9(8(2)3)14-12(17)13-6-10(18-4)11(15)16/h8-10H,5-7H2,1-4H3,(H,15,16)(H2,13,14,17). The third-order valence-electron chi connectivity index (χ3n) is 2.63. The van der Waals surface area contributed by atoms with Gasteiger partial charge >= 0.3 is 12.0 Å². The van der Waals surface area contributed by atoms with Crippen molar-refractivity contribution in [3.05, 3.63) is 0 Å². The van der Waals surface area contributed by atoms with Gasteiger partial charge in [0.05, 0.1) is 19.2 Å². The van der Waals surface area contributed by atoms with E-state index in [0.29, 0.717) is 13.2 Å². The van der Waals surface area contributed by atoms with Crippen molar-refractivity contribution >= 4 is 12.0 Å². The molecule has 0 bridgehead atoms. The van der Waals surface area contributed by atoms with E-state index in [4.69, 9.17) is 14.6 Å². The van der Waals surface area contributed by atoms with Gasteiger partial charge in [-0.15, -0.1) is 0 Å². The number of hydrogen-bond acceptors (Lipinski definition) is 4. The van der Waals surface area contributed by atoms with Crippen molar-refractivity contribution in [2.24, 2.45) is 5.92 Å². The van der Waals surface area contributed by atoms with Gasteiger partial charge in [-0.2, -0.15) is 0 Å². The van der Waals surface area contributed by atoms with Gasteiger partial charge in [0.25, 0.3) is 0 Å². The fourth-order valence-electron chi connectivity index (χ4n) is 1.32. The number of ether oxygens (including phenoxy) is 2. The molecule has 0 rings (SSSR count). The molecular weight excluding hydrogens is 252 g/mol. The van der Waals surface area contributed by atoms with Crippen molar-refractivity contribution < 1.29 is 24.2 Å². The van der Waals surface area contributed by atoms with Crippen molar-refractivity contribution in [1.29, 1.82) is 0 Å². The molecule has 0 aliphatic heterocycles. The fraction of sp³-hybridized carbons (Fsp3) is 0.833. The number of amides is 2. The first-order chi connectivity index (χ1) is 8.92. The highest BCUT2D eigenvalue weighted by molar-refractivity contribution is 5.77. The highest BCUT2D eigenvalue weighted by atomic mass is 16.5. The monoisotopic (exact) mass is 276 g/mol. The van der Waals surface area contributed by atoms with Crippen LogP contribution in [0.15, 0.2) is 0 Å². The molecule has 0 radical (unpaired) electrons. The number of rotatable bonds is 9. The summed E-state index contributed by atoms with van der Waals surface area (Å²) in [5.41, 5.74) is 0. The van der Waals surface area contributed by atoms with Crippen molar-refractivity contribution in [2.45, 2.75) is 32.9 Å². The quantitative estimate of drug-likeness (QED) is 0.568. The highest BCUT2D eigenvalue weighted by Crippen LogP contribution is 2.02. The van der Waals surface area contributed by atoms with Crippen LogP contribution in [-0.2, 0) is 14.3 Å². The molecule has 0 aromatic heterocycles. The molecule has 2 unspecified atom stereocenters. The van der Waals surface area contributed by atoms with E-state index in [0.717, 1.165) is 0 Å². The van der Waals surface area contributed by atoms with Crippen LogP contribution in [0.25, 0.3) is 0 Å². The molecule has 0 aromatic rings. The minimum absolute atomic E-state index is 0.0862. The topological polar surface area (TPSA) is 96.9 Å². The molecule has 2 amide bonds. The SMILES string of the molecule is CCOCC(NC(=O)NCC(OC)C(=O)O)C(C)C. The first-order valence-corrected chi connectivity index (χ1v) is 6.30. The number of hydrogen-bond donors (Lipinski definition) is 3. The van der Waals surface area contributed by atoms with Gasteiger partial charge in [0.1, 0.15) is 0 Å². The van der Waals surface area contributed by atoms with Crippen LogP contribution >= 0.6 is 0 Å². The van der Waals surface area contributed by atoms with Gasteiger partial charge in [-0.3, -0.25) is 0 Å². The molecule has 0 saturated heterocycles. The Kier molecular flexibility index (Phi) is 8.90. The summed E-state index contributed by atoms with van der Waals surface area (Å²) in [5, 5.41) is 14.0. The maximum absolute atomic E-state index is 11.6. The first-order valence-electron chi connectivity index (χ1n) is 6.30. The molecule has 19 heavy (non-hydrogen) atoms. The Morgan fingerprint density at radius 1 is 1.32 bits per heavy atom. The van der Waals surface area contributed by atoms with E-state index in [1.165, 1.54) is 7.11 Å². The van der Waals surface area contributed by atoms with Crippen LogP contribution in [0.3, 0.4) is 0 Å². The van der Waals surface area contributed by atoms with Gasteiger partial charge in [0, 0.05) is 13.7 Å². The summed E-state index contributed by atoms with van der Waals surface area (Å²) in [4.78, 5) is 22.3. The summed E-state index contributed by atoms with van der Waals surface area (Å²) in [5.74, 6) is -0.896. The lowest BCUT2D eigenvalue weighted by Gasteiger charge is -2.22. The fourth-order valence-corrected chi connectivity index (χ4v) is 1.32. The van der Waals surface area contributed by atoms with Crippen LogP contribution in [0.4, 0.5) is 4.79 Å². The predicted molar refractivity (Wildman–Crippen MR) is 70.1 cm³/mol. The summed E-state index contributed by atoms with van der Waals surface area (Å²) in [7, 11) is 1.28. The maximum Gasteiger partial charge on any atom is 0.334 e. The Labute approximate surface area is 113 Å². The molecule has 2 atom stereocenters. The van der Waals surface area contributed by atoms with Crippen LogP contribution < -0.4 is 10.6 Å². The van der Waals surface area contributed by atoms with Crippen LogP contribution in [-0.4, -0.2) is 56.1 Å². The van der Waals surface area contributed by atoms with Crippen LogP contribution in [0, 0.1) is 5.92 Å². The number of nitrogens with one attached hydrogen (secondary N) is 2. The van der Waals surface area contributed by atoms with Crippen molar-refractivity contribution in [1.82, 2.24) is 10.6 Å². The van der Waals surface area contributed by atoms with E-state index in [1.807, 2.05) is 20.8 Å². The summed E-state index contributed by atoms with van der Waals surface area (Å²) < 4.78 is 9.99. The summed E-state index contributed by atoms with van der Waals surface area (Å²) >= 11 is 0. The Balaban J connectivity index is 4.15. The van der Waals surface area contributed by atoms with Gasteiger partial charge in [-0.25, -0.2) is 9.59 Å².